The lowest BCUT2D eigenvalue weighted by molar-refractivity contribution is 0.0856. The Morgan fingerprint density at radius 2 is 2.08 bits per heavy atom. The van der Waals surface area contributed by atoms with Crippen molar-refractivity contribution in [3.05, 3.63) is 47.0 Å². The quantitative estimate of drug-likeness (QED) is 0.875. The number of carbonyl (C=O) groups excluding carboxylic acids is 1. The van der Waals surface area contributed by atoms with Crippen LogP contribution in [0.25, 0.3) is 5.69 Å². The normalized spacial score (nSPS) is 17.0. The van der Waals surface area contributed by atoms with E-state index in [1.54, 1.807) is 16.8 Å². The van der Waals surface area contributed by atoms with E-state index in [-0.39, 0.29) is 17.8 Å². The molecule has 6 heteroatoms. The van der Waals surface area contributed by atoms with E-state index in [4.69, 9.17) is 4.74 Å². The predicted molar refractivity (Wildman–Crippen MR) is 93.6 cm³/mol. The summed E-state index contributed by atoms with van der Waals surface area (Å²) >= 11 is 0. The smallest absolute Gasteiger partial charge is 0.255 e. The molecule has 1 saturated heterocycles. The van der Waals surface area contributed by atoms with Crippen LogP contribution in [0.1, 0.15) is 48.4 Å². The summed E-state index contributed by atoms with van der Waals surface area (Å²) in [6.45, 7) is 5.26. The molecule has 2 aromatic rings. The van der Waals surface area contributed by atoms with Gasteiger partial charge >= 0.3 is 0 Å². The van der Waals surface area contributed by atoms with Crippen molar-refractivity contribution in [3.63, 3.8) is 0 Å². The molecule has 1 aromatic heterocycles. The maximum atomic E-state index is 13.2. The molecule has 0 radical (unpaired) electrons. The molecule has 1 atom stereocenters. The first-order valence-corrected chi connectivity index (χ1v) is 8.90. The van der Waals surface area contributed by atoms with Crippen LogP contribution < -0.4 is 5.32 Å². The Kier molecular flexibility index (Phi) is 5.48. The van der Waals surface area contributed by atoms with Crippen molar-refractivity contribution in [2.45, 2.75) is 45.6 Å². The number of aromatic nitrogens is 2. The standard InChI is InChI=1S/C19H24FN3O2/c1-3-16-18(19(24)21-12-15-6-5-11-25-15)17(4-2)23(22-16)14-9-7-13(20)8-10-14/h7-10,15H,3-6,11-12H2,1-2H3,(H,21,24). The highest BCUT2D eigenvalue weighted by Crippen LogP contribution is 2.21. The maximum Gasteiger partial charge on any atom is 0.255 e. The van der Waals surface area contributed by atoms with Gasteiger partial charge in [-0.1, -0.05) is 13.8 Å². The number of nitrogens with one attached hydrogen (secondary N) is 1. The van der Waals surface area contributed by atoms with Crippen molar-refractivity contribution < 1.29 is 13.9 Å². The highest BCUT2D eigenvalue weighted by molar-refractivity contribution is 5.96. The molecular formula is C19H24FN3O2. The Labute approximate surface area is 147 Å². The Hall–Kier alpha value is -2.21. The highest BCUT2D eigenvalue weighted by Gasteiger charge is 2.24. The first-order chi connectivity index (χ1) is 12.1. The molecule has 1 aliphatic rings. The molecule has 1 N–H and O–H groups in total. The maximum absolute atomic E-state index is 13.2. The fourth-order valence-electron chi connectivity index (χ4n) is 3.24. The third kappa shape index (κ3) is 3.74. The second kappa shape index (κ2) is 7.78. The minimum absolute atomic E-state index is 0.103. The van der Waals surface area contributed by atoms with Gasteiger partial charge in [0.1, 0.15) is 5.82 Å². The molecule has 25 heavy (non-hydrogen) atoms. The van der Waals surface area contributed by atoms with Gasteiger partial charge in [-0.3, -0.25) is 4.79 Å². The summed E-state index contributed by atoms with van der Waals surface area (Å²) in [7, 11) is 0. The van der Waals surface area contributed by atoms with Gasteiger partial charge in [0, 0.05) is 13.2 Å². The van der Waals surface area contributed by atoms with Gasteiger partial charge in [0.25, 0.3) is 5.91 Å². The molecule has 5 nitrogen and oxygen atoms in total. The van der Waals surface area contributed by atoms with Gasteiger partial charge in [-0.2, -0.15) is 5.10 Å². The van der Waals surface area contributed by atoms with Gasteiger partial charge in [-0.15, -0.1) is 0 Å². The van der Waals surface area contributed by atoms with E-state index in [2.05, 4.69) is 10.4 Å². The van der Waals surface area contributed by atoms with Crippen LogP contribution in [0.4, 0.5) is 4.39 Å². The monoisotopic (exact) mass is 345 g/mol. The van der Waals surface area contributed by atoms with Gasteiger partial charge in [-0.05, 0) is 49.9 Å². The van der Waals surface area contributed by atoms with E-state index < -0.39 is 0 Å². The van der Waals surface area contributed by atoms with Crippen molar-refractivity contribution in [1.29, 1.82) is 0 Å². The number of carbonyl (C=O) groups is 1. The zero-order valence-corrected chi connectivity index (χ0v) is 14.7. The number of rotatable bonds is 6. The number of amides is 1. The molecule has 1 unspecified atom stereocenters. The van der Waals surface area contributed by atoms with Crippen molar-refractivity contribution in [2.75, 3.05) is 13.2 Å². The van der Waals surface area contributed by atoms with Crippen molar-refractivity contribution in [2.24, 2.45) is 0 Å². The van der Waals surface area contributed by atoms with Crippen LogP contribution in [0, 0.1) is 5.82 Å². The van der Waals surface area contributed by atoms with Gasteiger partial charge in [0.05, 0.1) is 28.7 Å². The second-order valence-electron chi connectivity index (χ2n) is 6.21. The summed E-state index contributed by atoms with van der Waals surface area (Å²) in [4.78, 5) is 12.8. The van der Waals surface area contributed by atoms with Crippen molar-refractivity contribution >= 4 is 5.91 Å². The Balaban J connectivity index is 1.89. The summed E-state index contributed by atoms with van der Waals surface area (Å²) in [5.41, 5.74) is 2.98. The van der Waals surface area contributed by atoms with Gasteiger partial charge in [0.2, 0.25) is 0 Å². The van der Waals surface area contributed by atoms with Crippen molar-refractivity contribution in [1.82, 2.24) is 15.1 Å². The number of ether oxygens (including phenoxy) is 1. The number of benzene rings is 1. The SMILES string of the molecule is CCc1nn(-c2ccc(F)cc2)c(CC)c1C(=O)NCC1CCCO1. The first-order valence-electron chi connectivity index (χ1n) is 8.90. The number of hydrogen-bond acceptors (Lipinski definition) is 3. The van der Waals surface area contributed by atoms with Crippen LogP contribution in [-0.2, 0) is 17.6 Å². The largest absolute Gasteiger partial charge is 0.376 e. The number of aryl methyl sites for hydroxylation is 1. The lowest BCUT2D eigenvalue weighted by atomic mass is 10.1. The van der Waals surface area contributed by atoms with E-state index in [1.165, 1.54) is 12.1 Å². The van der Waals surface area contributed by atoms with Gasteiger partial charge in [0.15, 0.2) is 0 Å². The van der Waals surface area contributed by atoms with Crippen LogP contribution in [0.5, 0.6) is 0 Å². The Morgan fingerprint density at radius 3 is 2.68 bits per heavy atom. The Bertz CT molecular complexity index is 734. The predicted octanol–water partition coefficient (Wildman–Crippen LogP) is 3.05. The van der Waals surface area contributed by atoms with Crippen LogP contribution in [0.2, 0.25) is 0 Å². The molecule has 0 aliphatic carbocycles. The molecular weight excluding hydrogens is 321 g/mol. The molecule has 134 valence electrons. The fourth-order valence-corrected chi connectivity index (χ4v) is 3.24. The van der Waals surface area contributed by atoms with E-state index >= 15 is 0 Å². The fraction of sp³-hybridized carbons (Fsp3) is 0.474. The molecule has 1 aliphatic heterocycles. The molecule has 0 saturated carbocycles. The zero-order chi connectivity index (χ0) is 17.8. The molecule has 1 fully saturated rings. The molecule has 2 heterocycles. The van der Waals surface area contributed by atoms with Crippen molar-refractivity contribution in [3.8, 4) is 5.69 Å². The molecule has 3 rings (SSSR count). The lowest BCUT2D eigenvalue weighted by Crippen LogP contribution is -2.32. The van der Waals surface area contributed by atoms with Crippen LogP contribution in [-0.4, -0.2) is 34.9 Å². The van der Waals surface area contributed by atoms with Gasteiger partial charge in [-0.25, -0.2) is 9.07 Å². The van der Waals surface area contributed by atoms with E-state index in [0.29, 0.717) is 24.9 Å². The van der Waals surface area contributed by atoms with Crippen LogP contribution in [0.3, 0.4) is 0 Å². The molecule has 0 spiro atoms. The first kappa shape index (κ1) is 17.6. The number of hydrogen-bond donors (Lipinski definition) is 1. The van der Waals surface area contributed by atoms with E-state index in [9.17, 15) is 9.18 Å². The van der Waals surface area contributed by atoms with E-state index in [1.807, 2.05) is 13.8 Å². The van der Waals surface area contributed by atoms with Gasteiger partial charge < -0.3 is 10.1 Å². The zero-order valence-electron chi connectivity index (χ0n) is 14.7. The highest BCUT2D eigenvalue weighted by atomic mass is 19.1. The minimum Gasteiger partial charge on any atom is -0.376 e. The molecule has 1 amide bonds. The topological polar surface area (TPSA) is 56.2 Å². The summed E-state index contributed by atoms with van der Waals surface area (Å²) in [5.74, 6) is -0.406. The number of halogens is 1. The summed E-state index contributed by atoms with van der Waals surface area (Å²) < 4.78 is 20.5. The lowest BCUT2D eigenvalue weighted by Gasteiger charge is -2.12. The third-order valence-corrected chi connectivity index (χ3v) is 4.54. The Morgan fingerprint density at radius 1 is 1.32 bits per heavy atom. The summed E-state index contributed by atoms with van der Waals surface area (Å²) in [6, 6.07) is 6.16. The summed E-state index contributed by atoms with van der Waals surface area (Å²) in [6.07, 6.45) is 3.45. The van der Waals surface area contributed by atoms with E-state index in [0.717, 1.165) is 36.5 Å². The molecule has 1 aromatic carbocycles. The molecule has 0 bridgehead atoms. The average molecular weight is 345 g/mol. The minimum atomic E-state index is -0.292. The van der Waals surface area contributed by atoms with Crippen LogP contribution in [0.15, 0.2) is 24.3 Å². The second-order valence-corrected chi connectivity index (χ2v) is 6.21. The van der Waals surface area contributed by atoms with Crippen LogP contribution >= 0.6 is 0 Å². The third-order valence-electron chi connectivity index (χ3n) is 4.54. The average Bonchev–Trinajstić information content (AvgIpc) is 3.27. The summed E-state index contributed by atoms with van der Waals surface area (Å²) in [5, 5.41) is 7.59. The number of nitrogens with zero attached hydrogens (tertiary/aromatic N) is 2.